The molecule has 1 fully saturated rings. The summed E-state index contributed by atoms with van der Waals surface area (Å²) in [7, 11) is 0. The third-order valence-corrected chi connectivity index (χ3v) is 3.38. The lowest BCUT2D eigenvalue weighted by Gasteiger charge is -2.11. The Kier molecular flexibility index (Phi) is 4.57. The Morgan fingerprint density at radius 3 is 3.06 bits per heavy atom. The first-order valence-corrected chi connectivity index (χ1v) is 6.71. The molecule has 1 atom stereocenters. The van der Waals surface area contributed by atoms with Crippen LogP contribution in [0.25, 0.3) is 0 Å². The van der Waals surface area contributed by atoms with Gasteiger partial charge in [0.1, 0.15) is 0 Å². The van der Waals surface area contributed by atoms with Crippen molar-refractivity contribution in [2.24, 2.45) is 0 Å². The summed E-state index contributed by atoms with van der Waals surface area (Å²) in [4.78, 5) is 0. The summed E-state index contributed by atoms with van der Waals surface area (Å²) in [6.07, 6.45) is 3.80. The molecular weight excluding hydrogens is 212 g/mol. The molecule has 4 heteroatoms. The second-order valence-electron chi connectivity index (χ2n) is 5.00. The lowest BCUT2D eigenvalue weighted by molar-refractivity contribution is 0.496. The van der Waals surface area contributed by atoms with Crippen LogP contribution >= 0.6 is 0 Å². The molecule has 0 aromatic carbocycles. The predicted molar refractivity (Wildman–Crippen MR) is 70.2 cm³/mol. The van der Waals surface area contributed by atoms with Crippen LogP contribution in [-0.2, 0) is 6.54 Å². The Morgan fingerprint density at radius 1 is 1.53 bits per heavy atom. The predicted octanol–water partition coefficient (Wildman–Crippen LogP) is 1.23. The Morgan fingerprint density at radius 2 is 2.41 bits per heavy atom. The summed E-state index contributed by atoms with van der Waals surface area (Å²) >= 11 is 0. The first kappa shape index (κ1) is 12.6. The van der Waals surface area contributed by atoms with Gasteiger partial charge in [-0.1, -0.05) is 0 Å². The summed E-state index contributed by atoms with van der Waals surface area (Å²) in [6, 6.07) is 2.83. The fraction of sp³-hybridized carbons (Fsp3) is 0.769. The number of nitrogens with zero attached hydrogens (tertiary/aromatic N) is 2. The SMILES string of the molecule is Cc1cc(C)n(CCCNCC2CCCN2)n1. The fourth-order valence-electron chi connectivity index (χ4n) is 2.46. The molecule has 0 aliphatic carbocycles. The van der Waals surface area contributed by atoms with Gasteiger partial charge in [-0.3, -0.25) is 4.68 Å². The number of hydrogen-bond acceptors (Lipinski definition) is 3. The molecule has 17 heavy (non-hydrogen) atoms. The summed E-state index contributed by atoms with van der Waals surface area (Å²) < 4.78 is 2.10. The number of nitrogens with one attached hydrogen (secondary N) is 2. The Labute approximate surface area is 104 Å². The van der Waals surface area contributed by atoms with Crippen LogP contribution in [0.3, 0.4) is 0 Å². The monoisotopic (exact) mass is 236 g/mol. The summed E-state index contributed by atoms with van der Waals surface area (Å²) in [6.45, 7) is 8.57. The van der Waals surface area contributed by atoms with E-state index in [0.717, 1.165) is 31.7 Å². The lowest BCUT2D eigenvalue weighted by atomic mass is 10.2. The third-order valence-electron chi connectivity index (χ3n) is 3.38. The molecule has 0 saturated carbocycles. The van der Waals surface area contributed by atoms with Gasteiger partial charge in [0.25, 0.3) is 0 Å². The third kappa shape index (κ3) is 3.82. The van der Waals surface area contributed by atoms with Gasteiger partial charge in [-0.05, 0) is 52.3 Å². The van der Waals surface area contributed by atoms with Gasteiger partial charge < -0.3 is 10.6 Å². The average Bonchev–Trinajstić information content (AvgIpc) is 2.89. The van der Waals surface area contributed by atoms with Crippen molar-refractivity contribution in [1.82, 2.24) is 20.4 Å². The van der Waals surface area contributed by atoms with Gasteiger partial charge in [-0.2, -0.15) is 5.10 Å². The van der Waals surface area contributed by atoms with E-state index >= 15 is 0 Å². The lowest BCUT2D eigenvalue weighted by Crippen LogP contribution is -2.34. The van der Waals surface area contributed by atoms with Crippen molar-refractivity contribution in [2.45, 2.75) is 45.7 Å². The standard InChI is InChI=1S/C13H24N4/c1-11-9-12(2)17(16-11)8-4-6-14-10-13-5-3-7-15-13/h9,13-15H,3-8,10H2,1-2H3. The minimum absolute atomic E-state index is 0.698. The van der Waals surface area contributed by atoms with Crippen LogP contribution < -0.4 is 10.6 Å². The van der Waals surface area contributed by atoms with E-state index < -0.39 is 0 Å². The topological polar surface area (TPSA) is 41.9 Å². The van der Waals surface area contributed by atoms with Crippen LogP contribution in [0.2, 0.25) is 0 Å². The Bertz CT molecular complexity index is 339. The molecule has 2 rings (SSSR count). The highest BCUT2D eigenvalue weighted by atomic mass is 15.3. The first-order chi connectivity index (χ1) is 8.25. The molecule has 1 aromatic heterocycles. The van der Waals surface area contributed by atoms with E-state index in [2.05, 4.69) is 33.4 Å². The molecule has 1 unspecified atom stereocenters. The second-order valence-corrected chi connectivity index (χ2v) is 5.00. The molecule has 96 valence electrons. The maximum absolute atomic E-state index is 4.46. The highest BCUT2D eigenvalue weighted by molar-refractivity contribution is 5.06. The minimum Gasteiger partial charge on any atom is -0.315 e. The first-order valence-electron chi connectivity index (χ1n) is 6.71. The van der Waals surface area contributed by atoms with Crippen LogP contribution in [0.5, 0.6) is 0 Å². The second kappa shape index (κ2) is 6.17. The molecule has 0 spiro atoms. The normalized spacial score (nSPS) is 20.0. The fourth-order valence-corrected chi connectivity index (χ4v) is 2.46. The van der Waals surface area contributed by atoms with E-state index in [9.17, 15) is 0 Å². The molecule has 4 nitrogen and oxygen atoms in total. The van der Waals surface area contributed by atoms with Crippen LogP contribution in [-0.4, -0.2) is 35.5 Å². The molecule has 0 radical (unpaired) electrons. The molecule has 2 heterocycles. The Hall–Kier alpha value is -0.870. The van der Waals surface area contributed by atoms with Crippen molar-refractivity contribution in [1.29, 1.82) is 0 Å². The van der Waals surface area contributed by atoms with Gasteiger partial charge in [-0.15, -0.1) is 0 Å². The van der Waals surface area contributed by atoms with Gasteiger partial charge in [0.05, 0.1) is 5.69 Å². The van der Waals surface area contributed by atoms with Crippen molar-refractivity contribution < 1.29 is 0 Å². The van der Waals surface area contributed by atoms with Gasteiger partial charge in [0.2, 0.25) is 0 Å². The molecular formula is C13H24N4. The smallest absolute Gasteiger partial charge is 0.0596 e. The van der Waals surface area contributed by atoms with Crippen molar-refractivity contribution in [3.05, 3.63) is 17.5 Å². The van der Waals surface area contributed by atoms with Gasteiger partial charge in [0, 0.05) is 24.8 Å². The zero-order chi connectivity index (χ0) is 12.1. The van der Waals surface area contributed by atoms with Crippen LogP contribution in [0.1, 0.15) is 30.7 Å². The zero-order valence-corrected chi connectivity index (χ0v) is 11.0. The average molecular weight is 236 g/mol. The molecule has 1 aromatic rings. The van der Waals surface area contributed by atoms with Gasteiger partial charge in [0.15, 0.2) is 0 Å². The van der Waals surface area contributed by atoms with Crippen LogP contribution in [0.4, 0.5) is 0 Å². The molecule has 1 aliphatic rings. The summed E-state index contributed by atoms with van der Waals surface area (Å²) in [5, 5.41) is 11.5. The summed E-state index contributed by atoms with van der Waals surface area (Å²) in [5.74, 6) is 0. The van der Waals surface area contributed by atoms with Gasteiger partial charge in [-0.25, -0.2) is 0 Å². The summed E-state index contributed by atoms with van der Waals surface area (Å²) in [5.41, 5.74) is 2.38. The van der Waals surface area contributed by atoms with Crippen LogP contribution in [0.15, 0.2) is 6.07 Å². The van der Waals surface area contributed by atoms with Crippen molar-refractivity contribution >= 4 is 0 Å². The molecule has 0 amide bonds. The van der Waals surface area contributed by atoms with E-state index in [-0.39, 0.29) is 0 Å². The Balaban J connectivity index is 1.58. The van der Waals surface area contributed by atoms with Crippen molar-refractivity contribution in [3.8, 4) is 0 Å². The van der Waals surface area contributed by atoms with E-state index in [0.29, 0.717) is 6.04 Å². The van der Waals surface area contributed by atoms with Gasteiger partial charge >= 0.3 is 0 Å². The highest BCUT2D eigenvalue weighted by Gasteiger charge is 2.12. The highest BCUT2D eigenvalue weighted by Crippen LogP contribution is 2.04. The number of aromatic nitrogens is 2. The van der Waals surface area contributed by atoms with E-state index in [1.165, 1.54) is 25.1 Å². The van der Waals surface area contributed by atoms with Crippen molar-refractivity contribution in [2.75, 3.05) is 19.6 Å². The number of hydrogen-bond donors (Lipinski definition) is 2. The maximum atomic E-state index is 4.46. The number of aryl methyl sites for hydroxylation is 3. The largest absolute Gasteiger partial charge is 0.315 e. The maximum Gasteiger partial charge on any atom is 0.0596 e. The zero-order valence-electron chi connectivity index (χ0n) is 11.0. The van der Waals surface area contributed by atoms with E-state index in [1.807, 2.05) is 6.92 Å². The molecule has 1 saturated heterocycles. The van der Waals surface area contributed by atoms with E-state index in [1.54, 1.807) is 0 Å². The molecule has 0 bridgehead atoms. The molecule has 1 aliphatic heterocycles. The minimum atomic E-state index is 0.698. The van der Waals surface area contributed by atoms with Crippen molar-refractivity contribution in [3.63, 3.8) is 0 Å². The molecule has 2 N–H and O–H groups in total. The van der Waals surface area contributed by atoms with E-state index in [4.69, 9.17) is 0 Å². The quantitative estimate of drug-likeness (QED) is 0.730. The van der Waals surface area contributed by atoms with Crippen LogP contribution in [0, 0.1) is 13.8 Å². The number of rotatable bonds is 6.